The Bertz CT molecular complexity index is 915. The quantitative estimate of drug-likeness (QED) is 0.814. The lowest BCUT2D eigenvalue weighted by atomic mass is 9.83. The topological polar surface area (TPSA) is 88.5 Å². The molecule has 0 fully saturated rings. The second-order valence-corrected chi connectivity index (χ2v) is 5.84. The van der Waals surface area contributed by atoms with Gasteiger partial charge in [-0.2, -0.15) is 5.26 Å². The van der Waals surface area contributed by atoms with E-state index in [1.54, 1.807) is 24.3 Å². The minimum absolute atomic E-state index is 0.00806. The molecule has 1 aliphatic heterocycles. The largest absolute Gasteiger partial charge is 0.508 e. The van der Waals surface area contributed by atoms with Gasteiger partial charge in [0.1, 0.15) is 35.5 Å². The van der Waals surface area contributed by atoms with Crippen LogP contribution in [0.3, 0.4) is 0 Å². The van der Waals surface area contributed by atoms with Gasteiger partial charge < -0.3 is 20.3 Å². The molecule has 1 unspecified atom stereocenters. The Morgan fingerprint density at radius 2 is 2.16 bits per heavy atom. The fourth-order valence-corrected chi connectivity index (χ4v) is 2.99. The van der Waals surface area contributed by atoms with Crippen LogP contribution in [0.2, 0.25) is 5.02 Å². The van der Waals surface area contributed by atoms with Gasteiger partial charge in [-0.15, -0.1) is 0 Å². The van der Waals surface area contributed by atoms with Crippen molar-refractivity contribution in [2.45, 2.75) is 5.92 Å². The molecule has 1 atom stereocenters. The molecule has 0 aromatic heterocycles. The summed E-state index contributed by atoms with van der Waals surface area (Å²) in [7, 11) is 0. The molecule has 0 spiro atoms. The van der Waals surface area contributed by atoms with Crippen LogP contribution in [-0.4, -0.2) is 11.7 Å². The van der Waals surface area contributed by atoms with Gasteiger partial charge in [0, 0.05) is 11.6 Å². The van der Waals surface area contributed by atoms with Crippen LogP contribution in [0.25, 0.3) is 0 Å². The average molecular weight is 355 g/mol. The number of nitrogens with two attached hydrogens (primary N) is 1. The van der Waals surface area contributed by atoms with Crippen LogP contribution in [-0.2, 0) is 0 Å². The number of allylic oxidation sites excluding steroid dienone is 1. The summed E-state index contributed by atoms with van der Waals surface area (Å²) in [5.41, 5.74) is 7.68. The number of fused-ring (bicyclic) bond motifs is 1. The Kier molecular flexibility index (Phi) is 4.55. The van der Waals surface area contributed by atoms with Crippen LogP contribution in [0.5, 0.6) is 17.2 Å². The van der Waals surface area contributed by atoms with Crippen molar-refractivity contribution in [3.63, 3.8) is 0 Å². The van der Waals surface area contributed by atoms with Crippen molar-refractivity contribution < 1.29 is 14.6 Å². The summed E-state index contributed by atoms with van der Waals surface area (Å²) in [6.45, 7) is 3.94. The highest BCUT2D eigenvalue weighted by Crippen LogP contribution is 2.44. The summed E-state index contributed by atoms with van der Waals surface area (Å²) in [5, 5.41) is 19.6. The van der Waals surface area contributed by atoms with Crippen molar-refractivity contribution in [1.82, 2.24) is 0 Å². The number of benzene rings is 2. The standard InChI is InChI=1S/C19H15ClN2O3/c1-2-7-24-16-6-3-11(8-15(16)20)18-13-5-4-12(23)9-17(13)25-19(22)14(18)10-21/h2-6,8-9,18,23H,1,7,22H2. The monoisotopic (exact) mass is 354 g/mol. The first-order valence-electron chi connectivity index (χ1n) is 7.48. The number of ether oxygens (including phenoxy) is 2. The molecule has 5 nitrogen and oxygen atoms in total. The zero-order valence-corrected chi connectivity index (χ0v) is 14.0. The zero-order chi connectivity index (χ0) is 18.0. The van der Waals surface area contributed by atoms with E-state index in [0.29, 0.717) is 23.1 Å². The van der Waals surface area contributed by atoms with E-state index >= 15 is 0 Å². The van der Waals surface area contributed by atoms with Crippen LogP contribution in [0.15, 0.2) is 60.5 Å². The maximum absolute atomic E-state index is 9.67. The normalized spacial score (nSPS) is 15.8. The Balaban J connectivity index is 2.10. The van der Waals surface area contributed by atoms with Crippen LogP contribution < -0.4 is 15.2 Å². The van der Waals surface area contributed by atoms with Crippen LogP contribution in [0.4, 0.5) is 0 Å². The van der Waals surface area contributed by atoms with Gasteiger partial charge >= 0.3 is 0 Å². The molecule has 0 saturated heterocycles. The van der Waals surface area contributed by atoms with Gasteiger partial charge in [-0.1, -0.05) is 36.4 Å². The van der Waals surface area contributed by atoms with Gasteiger partial charge in [0.15, 0.2) is 0 Å². The highest BCUT2D eigenvalue weighted by Gasteiger charge is 2.31. The molecule has 25 heavy (non-hydrogen) atoms. The van der Waals surface area contributed by atoms with E-state index < -0.39 is 5.92 Å². The summed E-state index contributed by atoms with van der Waals surface area (Å²) >= 11 is 6.30. The van der Waals surface area contributed by atoms with Gasteiger partial charge in [-0.05, 0) is 23.8 Å². The highest BCUT2D eigenvalue weighted by atomic mass is 35.5. The second-order valence-electron chi connectivity index (χ2n) is 5.44. The SMILES string of the molecule is C=CCOc1ccc(C2C(C#N)=C(N)Oc3cc(O)ccc32)cc1Cl. The molecule has 0 saturated carbocycles. The number of aromatic hydroxyl groups is 1. The van der Waals surface area contributed by atoms with Crippen molar-refractivity contribution in [2.75, 3.05) is 6.61 Å². The van der Waals surface area contributed by atoms with Gasteiger partial charge in [0.2, 0.25) is 5.88 Å². The lowest BCUT2D eigenvalue weighted by molar-refractivity contribution is 0.363. The van der Waals surface area contributed by atoms with Gasteiger partial charge in [-0.25, -0.2) is 0 Å². The van der Waals surface area contributed by atoms with Gasteiger partial charge in [-0.3, -0.25) is 0 Å². The highest BCUT2D eigenvalue weighted by molar-refractivity contribution is 6.32. The fourth-order valence-electron chi connectivity index (χ4n) is 2.75. The summed E-state index contributed by atoms with van der Waals surface area (Å²) < 4.78 is 11.0. The lowest BCUT2D eigenvalue weighted by Crippen LogP contribution is -2.21. The smallest absolute Gasteiger partial charge is 0.205 e. The van der Waals surface area contributed by atoms with Gasteiger partial charge in [0.25, 0.3) is 0 Å². The maximum atomic E-state index is 9.67. The minimum atomic E-state index is -0.444. The molecule has 0 amide bonds. The Morgan fingerprint density at radius 1 is 1.36 bits per heavy atom. The first-order chi connectivity index (χ1) is 12.0. The lowest BCUT2D eigenvalue weighted by Gasteiger charge is -2.26. The summed E-state index contributed by atoms with van der Waals surface area (Å²) in [4.78, 5) is 0. The molecule has 2 aromatic carbocycles. The summed E-state index contributed by atoms with van der Waals surface area (Å²) in [6, 6.07) is 12.1. The minimum Gasteiger partial charge on any atom is -0.508 e. The molecule has 0 aliphatic carbocycles. The van der Waals surface area contributed by atoms with E-state index in [4.69, 9.17) is 26.8 Å². The number of hydrogen-bond acceptors (Lipinski definition) is 5. The molecule has 1 heterocycles. The fraction of sp³-hybridized carbons (Fsp3) is 0.105. The predicted octanol–water partition coefficient (Wildman–Crippen LogP) is 3.83. The molecule has 3 N–H and O–H groups in total. The first kappa shape index (κ1) is 16.7. The Labute approximate surface area is 150 Å². The molecule has 126 valence electrons. The maximum Gasteiger partial charge on any atom is 0.205 e. The number of halogens is 1. The molecule has 2 aromatic rings. The second kappa shape index (κ2) is 6.80. The third-order valence-electron chi connectivity index (χ3n) is 3.85. The van der Waals surface area contributed by atoms with E-state index in [2.05, 4.69) is 12.6 Å². The number of nitriles is 1. The third-order valence-corrected chi connectivity index (χ3v) is 4.14. The van der Waals surface area contributed by atoms with Crippen LogP contribution >= 0.6 is 11.6 Å². The number of phenolic OH excluding ortho intramolecular Hbond substituents is 1. The summed E-state index contributed by atoms with van der Waals surface area (Å²) in [6.07, 6.45) is 1.63. The van der Waals surface area contributed by atoms with Crippen LogP contribution in [0.1, 0.15) is 17.0 Å². The molecule has 3 rings (SSSR count). The molecule has 0 radical (unpaired) electrons. The van der Waals surface area contributed by atoms with E-state index in [1.165, 1.54) is 12.1 Å². The summed E-state index contributed by atoms with van der Waals surface area (Å²) in [5.74, 6) is 0.550. The van der Waals surface area contributed by atoms with Gasteiger partial charge in [0.05, 0.1) is 10.9 Å². The number of rotatable bonds is 4. The molecule has 0 bridgehead atoms. The molecule has 6 heteroatoms. The van der Waals surface area contributed by atoms with Crippen molar-refractivity contribution in [3.8, 4) is 23.3 Å². The van der Waals surface area contributed by atoms with E-state index in [9.17, 15) is 10.4 Å². The van der Waals surface area contributed by atoms with E-state index in [0.717, 1.165) is 11.1 Å². The number of hydrogen-bond donors (Lipinski definition) is 2. The Morgan fingerprint density at radius 3 is 2.84 bits per heavy atom. The third kappa shape index (κ3) is 3.12. The van der Waals surface area contributed by atoms with Crippen molar-refractivity contribution in [1.29, 1.82) is 5.26 Å². The Hall–Kier alpha value is -3.10. The predicted molar refractivity (Wildman–Crippen MR) is 94.5 cm³/mol. The molecular weight excluding hydrogens is 340 g/mol. The number of phenols is 1. The molecule has 1 aliphatic rings. The first-order valence-corrected chi connectivity index (χ1v) is 7.86. The van der Waals surface area contributed by atoms with Crippen molar-refractivity contribution >= 4 is 11.6 Å². The molecular formula is C19H15ClN2O3. The zero-order valence-electron chi connectivity index (χ0n) is 13.2. The van der Waals surface area contributed by atoms with E-state index in [-0.39, 0.29) is 17.2 Å². The average Bonchev–Trinajstić information content (AvgIpc) is 2.59. The van der Waals surface area contributed by atoms with Crippen molar-refractivity contribution in [3.05, 3.63) is 76.7 Å². The van der Waals surface area contributed by atoms with Crippen molar-refractivity contribution in [2.24, 2.45) is 5.73 Å². The van der Waals surface area contributed by atoms with Crippen LogP contribution in [0, 0.1) is 11.3 Å². The number of nitrogens with zero attached hydrogens (tertiary/aromatic N) is 1. The van der Waals surface area contributed by atoms with E-state index in [1.807, 2.05) is 6.07 Å².